The molecule has 0 radical (unpaired) electrons. The number of halogens is 1. The summed E-state index contributed by atoms with van der Waals surface area (Å²) >= 11 is 3.58. The highest BCUT2D eigenvalue weighted by atomic mass is 79.9. The van der Waals surface area contributed by atoms with Crippen LogP contribution < -0.4 is 10.1 Å². The summed E-state index contributed by atoms with van der Waals surface area (Å²) < 4.78 is 6.29. The average molecular weight is 270 g/mol. The molecule has 0 aromatic heterocycles. The molecule has 0 aliphatic heterocycles. The van der Waals surface area contributed by atoms with Gasteiger partial charge in [-0.3, -0.25) is 0 Å². The molecule has 0 amide bonds. The van der Waals surface area contributed by atoms with E-state index in [2.05, 4.69) is 34.2 Å². The zero-order chi connectivity index (χ0) is 10.8. The maximum atomic E-state index is 5.17. The van der Waals surface area contributed by atoms with Crippen LogP contribution in [0.15, 0.2) is 22.7 Å². The fraction of sp³-hybridized carbons (Fsp3) is 0.500. The number of hydrogen-bond acceptors (Lipinski definition) is 2. The third kappa shape index (κ3) is 2.73. The fourth-order valence-corrected chi connectivity index (χ4v) is 2.38. The summed E-state index contributed by atoms with van der Waals surface area (Å²) in [6, 6.07) is 7.26. The second-order valence-corrected chi connectivity index (χ2v) is 4.90. The van der Waals surface area contributed by atoms with Crippen LogP contribution in [-0.2, 0) is 0 Å². The number of methoxy groups -OCH3 is 1. The third-order valence-electron chi connectivity index (χ3n) is 2.74. The SMILES string of the molecule is COc1ccc(C(C)NC2CC2)c(Br)c1. The molecule has 1 N–H and O–H groups in total. The van der Waals surface area contributed by atoms with E-state index in [1.165, 1.54) is 18.4 Å². The topological polar surface area (TPSA) is 21.3 Å². The van der Waals surface area contributed by atoms with Crippen molar-refractivity contribution in [2.75, 3.05) is 7.11 Å². The predicted octanol–water partition coefficient (Wildman–Crippen LogP) is 3.27. The standard InChI is InChI=1S/C12H16BrNO/c1-8(14-9-3-4-9)11-6-5-10(15-2)7-12(11)13/h5-9,14H,3-4H2,1-2H3. The Morgan fingerprint density at radius 1 is 1.47 bits per heavy atom. The van der Waals surface area contributed by atoms with Crippen LogP contribution in [0.2, 0.25) is 0 Å². The summed E-state index contributed by atoms with van der Waals surface area (Å²) in [6.45, 7) is 2.20. The van der Waals surface area contributed by atoms with Crippen molar-refractivity contribution in [1.29, 1.82) is 0 Å². The van der Waals surface area contributed by atoms with Crippen LogP contribution in [0.5, 0.6) is 5.75 Å². The predicted molar refractivity (Wildman–Crippen MR) is 65.3 cm³/mol. The van der Waals surface area contributed by atoms with Gasteiger partial charge in [0.2, 0.25) is 0 Å². The zero-order valence-electron chi connectivity index (χ0n) is 9.09. The number of rotatable bonds is 4. The molecule has 1 aromatic rings. The summed E-state index contributed by atoms with van der Waals surface area (Å²) in [5.74, 6) is 0.893. The van der Waals surface area contributed by atoms with E-state index in [1.807, 2.05) is 12.1 Å². The molecular weight excluding hydrogens is 254 g/mol. The monoisotopic (exact) mass is 269 g/mol. The van der Waals surface area contributed by atoms with Crippen LogP contribution in [0.4, 0.5) is 0 Å². The van der Waals surface area contributed by atoms with Gasteiger partial charge in [0, 0.05) is 16.6 Å². The van der Waals surface area contributed by atoms with Crippen molar-refractivity contribution in [3.8, 4) is 5.75 Å². The molecule has 2 nitrogen and oxygen atoms in total. The normalized spacial score (nSPS) is 17.5. The van der Waals surface area contributed by atoms with E-state index in [1.54, 1.807) is 7.11 Å². The Morgan fingerprint density at radius 2 is 2.20 bits per heavy atom. The molecular formula is C12H16BrNO. The summed E-state index contributed by atoms with van der Waals surface area (Å²) in [5.41, 5.74) is 1.29. The van der Waals surface area contributed by atoms with Gasteiger partial charge >= 0.3 is 0 Å². The minimum Gasteiger partial charge on any atom is -0.497 e. The number of hydrogen-bond donors (Lipinski definition) is 1. The molecule has 1 fully saturated rings. The Kier molecular flexibility index (Phi) is 3.32. The molecule has 0 bridgehead atoms. The number of ether oxygens (including phenoxy) is 1. The van der Waals surface area contributed by atoms with Crippen molar-refractivity contribution in [3.63, 3.8) is 0 Å². The first-order chi connectivity index (χ1) is 7.20. The van der Waals surface area contributed by atoms with Crippen molar-refractivity contribution < 1.29 is 4.74 Å². The van der Waals surface area contributed by atoms with Crippen molar-refractivity contribution in [3.05, 3.63) is 28.2 Å². The molecule has 0 saturated heterocycles. The van der Waals surface area contributed by atoms with E-state index in [0.29, 0.717) is 6.04 Å². The Morgan fingerprint density at radius 3 is 2.73 bits per heavy atom. The van der Waals surface area contributed by atoms with Gasteiger partial charge in [0.15, 0.2) is 0 Å². The zero-order valence-corrected chi connectivity index (χ0v) is 10.7. The largest absolute Gasteiger partial charge is 0.497 e. The highest BCUT2D eigenvalue weighted by Gasteiger charge is 2.23. The molecule has 1 aliphatic rings. The van der Waals surface area contributed by atoms with Crippen LogP contribution in [0.3, 0.4) is 0 Å². The lowest BCUT2D eigenvalue weighted by Crippen LogP contribution is -2.20. The molecule has 1 unspecified atom stereocenters. The Labute approximate surface area is 99.1 Å². The van der Waals surface area contributed by atoms with Gasteiger partial charge in [-0.05, 0) is 37.5 Å². The molecule has 15 heavy (non-hydrogen) atoms. The molecule has 0 spiro atoms. The number of nitrogens with one attached hydrogen (secondary N) is 1. The second kappa shape index (κ2) is 4.54. The molecule has 0 heterocycles. The minimum atomic E-state index is 0.401. The van der Waals surface area contributed by atoms with Crippen molar-refractivity contribution in [2.45, 2.75) is 31.8 Å². The maximum Gasteiger partial charge on any atom is 0.120 e. The van der Waals surface area contributed by atoms with Gasteiger partial charge < -0.3 is 10.1 Å². The van der Waals surface area contributed by atoms with Crippen molar-refractivity contribution in [1.82, 2.24) is 5.32 Å². The lowest BCUT2D eigenvalue weighted by atomic mass is 10.1. The quantitative estimate of drug-likeness (QED) is 0.906. The van der Waals surface area contributed by atoms with E-state index < -0.39 is 0 Å². The van der Waals surface area contributed by atoms with Gasteiger partial charge in [-0.1, -0.05) is 22.0 Å². The van der Waals surface area contributed by atoms with Gasteiger partial charge in [-0.15, -0.1) is 0 Å². The van der Waals surface area contributed by atoms with E-state index >= 15 is 0 Å². The minimum absolute atomic E-state index is 0.401. The van der Waals surface area contributed by atoms with Crippen molar-refractivity contribution >= 4 is 15.9 Å². The first-order valence-electron chi connectivity index (χ1n) is 5.30. The van der Waals surface area contributed by atoms with E-state index in [4.69, 9.17) is 4.74 Å². The highest BCUT2D eigenvalue weighted by molar-refractivity contribution is 9.10. The summed E-state index contributed by atoms with van der Waals surface area (Å²) in [7, 11) is 1.69. The Hall–Kier alpha value is -0.540. The van der Waals surface area contributed by atoms with Crippen LogP contribution >= 0.6 is 15.9 Å². The Balaban J connectivity index is 2.11. The average Bonchev–Trinajstić information content (AvgIpc) is 3.01. The molecule has 1 saturated carbocycles. The van der Waals surface area contributed by atoms with Gasteiger partial charge in [0.25, 0.3) is 0 Å². The molecule has 82 valence electrons. The van der Waals surface area contributed by atoms with Crippen molar-refractivity contribution in [2.24, 2.45) is 0 Å². The number of benzene rings is 1. The lowest BCUT2D eigenvalue weighted by molar-refractivity contribution is 0.414. The Bertz CT molecular complexity index is 349. The van der Waals surface area contributed by atoms with E-state index in [-0.39, 0.29) is 0 Å². The molecule has 1 atom stereocenters. The van der Waals surface area contributed by atoms with Crippen LogP contribution in [0, 0.1) is 0 Å². The summed E-state index contributed by atoms with van der Waals surface area (Å²) in [5, 5.41) is 3.58. The molecule has 3 heteroatoms. The third-order valence-corrected chi connectivity index (χ3v) is 3.42. The molecule has 1 aliphatic carbocycles. The van der Waals surface area contributed by atoms with Crippen LogP contribution in [0.1, 0.15) is 31.4 Å². The first-order valence-corrected chi connectivity index (χ1v) is 6.09. The fourth-order valence-electron chi connectivity index (χ4n) is 1.68. The van der Waals surface area contributed by atoms with Crippen LogP contribution in [-0.4, -0.2) is 13.2 Å². The first kappa shape index (κ1) is 11.0. The van der Waals surface area contributed by atoms with E-state index in [9.17, 15) is 0 Å². The summed E-state index contributed by atoms with van der Waals surface area (Å²) in [6.07, 6.45) is 2.64. The van der Waals surface area contributed by atoms with Gasteiger partial charge in [-0.25, -0.2) is 0 Å². The van der Waals surface area contributed by atoms with Crippen LogP contribution in [0.25, 0.3) is 0 Å². The van der Waals surface area contributed by atoms with Gasteiger partial charge in [-0.2, -0.15) is 0 Å². The lowest BCUT2D eigenvalue weighted by Gasteiger charge is -2.16. The highest BCUT2D eigenvalue weighted by Crippen LogP contribution is 2.30. The molecule has 1 aromatic carbocycles. The summed E-state index contributed by atoms with van der Waals surface area (Å²) in [4.78, 5) is 0. The van der Waals surface area contributed by atoms with Gasteiger partial charge in [0.1, 0.15) is 5.75 Å². The second-order valence-electron chi connectivity index (χ2n) is 4.05. The smallest absolute Gasteiger partial charge is 0.120 e. The maximum absolute atomic E-state index is 5.17. The van der Waals surface area contributed by atoms with Gasteiger partial charge in [0.05, 0.1) is 7.11 Å². The van der Waals surface area contributed by atoms with E-state index in [0.717, 1.165) is 16.3 Å². The molecule has 2 rings (SSSR count).